The van der Waals surface area contributed by atoms with Gasteiger partial charge < -0.3 is 10.2 Å². The Balaban J connectivity index is 1.89. The largest absolute Gasteiger partial charge is 0.352 e. The molecular weight excluding hydrogens is 558 g/mol. The van der Waals surface area contributed by atoms with Crippen LogP contribution >= 0.6 is 11.6 Å². The Kier molecular flexibility index (Phi) is 11.8. The number of hydrogen-bond acceptors (Lipinski definition) is 4. The summed E-state index contributed by atoms with van der Waals surface area (Å²) in [5, 5.41) is 3.60. The monoisotopic (exact) mass is 597 g/mol. The number of amides is 2. The Morgan fingerprint density at radius 3 is 2.27 bits per heavy atom. The molecule has 1 N–H and O–H groups in total. The van der Waals surface area contributed by atoms with Crippen LogP contribution in [-0.4, -0.2) is 50.0 Å². The molecule has 0 aliphatic carbocycles. The lowest BCUT2D eigenvalue weighted by molar-refractivity contribution is -0.141. The molecule has 41 heavy (non-hydrogen) atoms. The van der Waals surface area contributed by atoms with Crippen LogP contribution in [0, 0.1) is 6.92 Å². The highest BCUT2D eigenvalue weighted by Crippen LogP contribution is 2.22. The van der Waals surface area contributed by atoms with E-state index in [0.29, 0.717) is 17.1 Å². The number of nitrogens with zero attached hydrogens (tertiary/aromatic N) is 2. The highest BCUT2D eigenvalue weighted by atomic mass is 35.5. The van der Waals surface area contributed by atoms with Crippen molar-refractivity contribution in [2.45, 2.75) is 65.1 Å². The first kappa shape index (κ1) is 32.2. The van der Waals surface area contributed by atoms with Gasteiger partial charge in [0.1, 0.15) is 6.04 Å². The molecule has 2 amide bonds. The number of hydrogen-bond donors (Lipinski definition) is 1. The lowest BCUT2D eigenvalue weighted by atomic mass is 10.0. The third kappa shape index (κ3) is 9.90. The summed E-state index contributed by atoms with van der Waals surface area (Å²) < 4.78 is 26.6. The molecule has 3 rings (SSSR count). The minimum absolute atomic E-state index is 0.0541. The van der Waals surface area contributed by atoms with Crippen molar-refractivity contribution in [1.29, 1.82) is 0 Å². The fraction of sp³-hybridized carbons (Fsp3) is 0.375. The molecule has 9 heteroatoms. The van der Waals surface area contributed by atoms with Gasteiger partial charge in [-0.3, -0.25) is 13.9 Å². The molecule has 0 heterocycles. The van der Waals surface area contributed by atoms with Crippen molar-refractivity contribution < 1.29 is 18.0 Å². The number of sulfonamides is 1. The van der Waals surface area contributed by atoms with E-state index >= 15 is 0 Å². The molecular formula is C32H40ClN3O4S. The summed E-state index contributed by atoms with van der Waals surface area (Å²) in [5.74, 6) is -0.459. The van der Waals surface area contributed by atoms with Gasteiger partial charge in [0.2, 0.25) is 21.8 Å². The van der Waals surface area contributed by atoms with Gasteiger partial charge in [-0.05, 0) is 67.6 Å². The zero-order chi connectivity index (χ0) is 30.0. The summed E-state index contributed by atoms with van der Waals surface area (Å²) in [6, 6.07) is 23.3. The Morgan fingerprint density at radius 2 is 1.63 bits per heavy atom. The topological polar surface area (TPSA) is 86.8 Å². The van der Waals surface area contributed by atoms with Crippen LogP contribution in [-0.2, 0) is 32.6 Å². The first-order chi connectivity index (χ1) is 19.5. The number of anilines is 1. The molecule has 3 aromatic rings. The van der Waals surface area contributed by atoms with E-state index in [1.165, 1.54) is 4.31 Å². The van der Waals surface area contributed by atoms with Gasteiger partial charge in [-0.25, -0.2) is 8.42 Å². The van der Waals surface area contributed by atoms with Gasteiger partial charge in [0.25, 0.3) is 0 Å². The number of carbonyl (C=O) groups excluding carboxylic acids is 2. The number of carbonyl (C=O) groups is 2. The number of nitrogens with one attached hydrogen (secondary N) is 1. The molecule has 0 radical (unpaired) electrons. The van der Waals surface area contributed by atoms with E-state index in [9.17, 15) is 18.0 Å². The Labute approximate surface area is 249 Å². The molecule has 0 fully saturated rings. The molecule has 0 spiro atoms. The molecule has 2 unspecified atom stereocenters. The van der Waals surface area contributed by atoms with Crippen LogP contribution in [0.5, 0.6) is 0 Å². The summed E-state index contributed by atoms with van der Waals surface area (Å²) >= 11 is 6.25. The number of aryl methyl sites for hydroxylation is 1. The number of benzene rings is 3. The minimum atomic E-state index is -3.56. The fourth-order valence-corrected chi connectivity index (χ4v) is 5.78. The lowest BCUT2D eigenvalue weighted by Gasteiger charge is -2.32. The van der Waals surface area contributed by atoms with E-state index in [1.807, 2.05) is 81.4 Å². The van der Waals surface area contributed by atoms with Crippen molar-refractivity contribution in [3.8, 4) is 0 Å². The maximum absolute atomic E-state index is 13.9. The summed E-state index contributed by atoms with van der Waals surface area (Å²) in [5.41, 5.74) is 3.24. The third-order valence-corrected chi connectivity index (χ3v) is 8.39. The smallest absolute Gasteiger partial charge is 0.243 e. The normalized spacial score (nSPS) is 12.8. The molecule has 0 aromatic heterocycles. The zero-order valence-electron chi connectivity index (χ0n) is 24.2. The zero-order valence-corrected chi connectivity index (χ0v) is 25.8. The van der Waals surface area contributed by atoms with Gasteiger partial charge in [-0.1, -0.05) is 73.1 Å². The van der Waals surface area contributed by atoms with Crippen LogP contribution in [0.25, 0.3) is 0 Å². The standard InChI is InChI=1S/C32H40ClN3O4S/c1-5-25(3)34-32(38)30(22-26-13-7-6-8-14-26)35(23-27-15-10-16-28(33)21-27)31(37)18-11-19-36(41(4,39)40)29-17-9-12-24(2)20-29/h6-10,12-17,20-21,25,30H,5,11,18-19,22-23H2,1-4H3,(H,34,38). The molecule has 0 bridgehead atoms. The summed E-state index contributed by atoms with van der Waals surface area (Å²) in [4.78, 5) is 29.1. The van der Waals surface area contributed by atoms with Crippen LogP contribution in [0.15, 0.2) is 78.9 Å². The van der Waals surface area contributed by atoms with Gasteiger partial charge in [-0.15, -0.1) is 0 Å². The van der Waals surface area contributed by atoms with Crippen LogP contribution in [0.1, 0.15) is 49.8 Å². The van der Waals surface area contributed by atoms with Gasteiger partial charge in [0, 0.05) is 37.0 Å². The van der Waals surface area contributed by atoms with E-state index < -0.39 is 16.1 Å². The van der Waals surface area contributed by atoms with Gasteiger partial charge >= 0.3 is 0 Å². The van der Waals surface area contributed by atoms with Crippen molar-refractivity contribution in [3.63, 3.8) is 0 Å². The average Bonchev–Trinajstić information content (AvgIpc) is 2.92. The van der Waals surface area contributed by atoms with Crippen molar-refractivity contribution in [1.82, 2.24) is 10.2 Å². The highest BCUT2D eigenvalue weighted by molar-refractivity contribution is 7.92. The fourth-order valence-electron chi connectivity index (χ4n) is 4.61. The second kappa shape index (κ2) is 15.0. The van der Waals surface area contributed by atoms with E-state index in [1.54, 1.807) is 23.1 Å². The van der Waals surface area contributed by atoms with Crippen LogP contribution in [0.2, 0.25) is 5.02 Å². The molecule has 0 saturated heterocycles. The Morgan fingerprint density at radius 1 is 0.951 bits per heavy atom. The van der Waals surface area contributed by atoms with Crippen molar-refractivity contribution in [2.24, 2.45) is 0 Å². The van der Waals surface area contributed by atoms with Gasteiger partial charge in [-0.2, -0.15) is 0 Å². The molecule has 0 aliphatic heterocycles. The number of halogens is 1. The first-order valence-corrected chi connectivity index (χ1v) is 16.1. The van der Waals surface area contributed by atoms with E-state index in [0.717, 1.165) is 29.4 Å². The lowest BCUT2D eigenvalue weighted by Crippen LogP contribution is -2.52. The van der Waals surface area contributed by atoms with Crippen LogP contribution in [0.3, 0.4) is 0 Å². The minimum Gasteiger partial charge on any atom is -0.352 e. The predicted molar refractivity (Wildman–Crippen MR) is 166 cm³/mol. The summed E-state index contributed by atoms with van der Waals surface area (Å²) in [6.07, 6.45) is 2.62. The van der Waals surface area contributed by atoms with E-state index in [2.05, 4.69) is 5.32 Å². The molecule has 7 nitrogen and oxygen atoms in total. The second-order valence-electron chi connectivity index (χ2n) is 10.5. The van der Waals surface area contributed by atoms with Crippen molar-refractivity contribution in [2.75, 3.05) is 17.1 Å². The van der Waals surface area contributed by atoms with Gasteiger partial charge in [0.15, 0.2) is 0 Å². The van der Waals surface area contributed by atoms with E-state index in [-0.39, 0.29) is 43.8 Å². The van der Waals surface area contributed by atoms with Crippen molar-refractivity contribution in [3.05, 3.63) is 101 Å². The molecule has 2 atom stereocenters. The molecule has 0 aliphatic rings. The maximum atomic E-state index is 13.9. The predicted octanol–water partition coefficient (Wildman–Crippen LogP) is 5.75. The van der Waals surface area contributed by atoms with Crippen LogP contribution in [0.4, 0.5) is 5.69 Å². The quantitative estimate of drug-likeness (QED) is 0.256. The van der Waals surface area contributed by atoms with Gasteiger partial charge in [0.05, 0.1) is 11.9 Å². The summed E-state index contributed by atoms with van der Waals surface area (Å²) in [6.45, 7) is 6.16. The SMILES string of the molecule is CCC(C)NC(=O)C(Cc1ccccc1)N(Cc1cccc(Cl)c1)C(=O)CCCN(c1cccc(C)c1)S(C)(=O)=O. The Bertz CT molecular complexity index is 1420. The molecule has 0 saturated carbocycles. The molecule has 3 aromatic carbocycles. The highest BCUT2D eigenvalue weighted by Gasteiger charge is 2.31. The number of rotatable bonds is 14. The Hall–Kier alpha value is -3.36. The van der Waals surface area contributed by atoms with E-state index in [4.69, 9.17) is 11.6 Å². The van der Waals surface area contributed by atoms with Crippen molar-refractivity contribution >= 4 is 39.1 Å². The average molecular weight is 598 g/mol. The first-order valence-electron chi connectivity index (χ1n) is 13.9. The molecule has 220 valence electrons. The third-order valence-electron chi connectivity index (χ3n) is 6.96. The summed E-state index contributed by atoms with van der Waals surface area (Å²) in [7, 11) is -3.56. The maximum Gasteiger partial charge on any atom is 0.243 e. The van der Waals surface area contributed by atoms with Crippen LogP contribution < -0.4 is 9.62 Å². The second-order valence-corrected chi connectivity index (χ2v) is 12.8.